The Hall–Kier alpha value is -0.860. The highest BCUT2D eigenvalue weighted by molar-refractivity contribution is 5.14. The molecule has 1 aliphatic carbocycles. The molecule has 20 heavy (non-hydrogen) atoms. The van der Waals surface area contributed by atoms with E-state index in [1.165, 1.54) is 44.6 Å². The Morgan fingerprint density at radius 3 is 2.50 bits per heavy atom. The average molecular weight is 272 g/mol. The molecular formula is C18H28N2. The second-order valence-corrected chi connectivity index (χ2v) is 6.97. The van der Waals surface area contributed by atoms with Crippen molar-refractivity contribution in [2.45, 2.75) is 39.3 Å². The molecule has 1 aromatic rings. The zero-order valence-electron chi connectivity index (χ0n) is 13.0. The maximum Gasteiger partial charge on any atom is 0.0250 e. The van der Waals surface area contributed by atoms with E-state index >= 15 is 0 Å². The standard InChI is InChI=1S/C18H28N2/c1-15(2)18-14-19(12-17-8-9-17)10-11-20(18)13-16-6-4-3-5-7-16/h3-7,15,17-18H,8-14H2,1-2H3/t18-/m0/s1. The van der Waals surface area contributed by atoms with Crippen LogP contribution in [0, 0.1) is 11.8 Å². The third kappa shape index (κ3) is 3.62. The predicted molar refractivity (Wildman–Crippen MR) is 84.6 cm³/mol. The molecular weight excluding hydrogens is 244 g/mol. The van der Waals surface area contributed by atoms with Crippen LogP contribution in [0.25, 0.3) is 0 Å². The molecule has 110 valence electrons. The van der Waals surface area contributed by atoms with Gasteiger partial charge < -0.3 is 4.90 Å². The van der Waals surface area contributed by atoms with Crippen LogP contribution >= 0.6 is 0 Å². The molecule has 2 nitrogen and oxygen atoms in total. The van der Waals surface area contributed by atoms with Gasteiger partial charge in [-0.25, -0.2) is 0 Å². The predicted octanol–water partition coefficient (Wildman–Crippen LogP) is 3.24. The lowest BCUT2D eigenvalue weighted by molar-refractivity contribution is 0.0421. The molecule has 2 aliphatic rings. The zero-order valence-corrected chi connectivity index (χ0v) is 13.0. The van der Waals surface area contributed by atoms with E-state index in [0.29, 0.717) is 6.04 Å². The van der Waals surface area contributed by atoms with Gasteiger partial charge in [-0.3, -0.25) is 4.90 Å². The molecule has 1 saturated heterocycles. The molecule has 0 radical (unpaired) electrons. The van der Waals surface area contributed by atoms with Crippen LogP contribution < -0.4 is 0 Å². The summed E-state index contributed by atoms with van der Waals surface area (Å²) in [5.41, 5.74) is 1.45. The summed E-state index contributed by atoms with van der Waals surface area (Å²) < 4.78 is 0. The zero-order chi connectivity index (χ0) is 13.9. The second-order valence-electron chi connectivity index (χ2n) is 6.97. The summed E-state index contributed by atoms with van der Waals surface area (Å²) in [6, 6.07) is 11.6. The lowest BCUT2D eigenvalue weighted by Gasteiger charge is -2.43. The Morgan fingerprint density at radius 1 is 1.10 bits per heavy atom. The van der Waals surface area contributed by atoms with Gasteiger partial charge in [0.05, 0.1) is 0 Å². The number of nitrogens with zero attached hydrogens (tertiary/aromatic N) is 2. The third-order valence-electron chi connectivity index (χ3n) is 4.83. The third-order valence-corrected chi connectivity index (χ3v) is 4.83. The van der Waals surface area contributed by atoms with E-state index in [9.17, 15) is 0 Å². The minimum Gasteiger partial charge on any atom is -0.300 e. The highest BCUT2D eigenvalue weighted by Crippen LogP contribution is 2.31. The van der Waals surface area contributed by atoms with Crippen molar-refractivity contribution >= 4 is 0 Å². The fraction of sp³-hybridized carbons (Fsp3) is 0.667. The topological polar surface area (TPSA) is 6.48 Å². The van der Waals surface area contributed by atoms with Gasteiger partial charge in [0, 0.05) is 38.8 Å². The molecule has 1 aliphatic heterocycles. The molecule has 0 bridgehead atoms. The van der Waals surface area contributed by atoms with Gasteiger partial charge in [-0.2, -0.15) is 0 Å². The summed E-state index contributed by atoms with van der Waals surface area (Å²) in [6.45, 7) is 11.0. The van der Waals surface area contributed by atoms with E-state index in [1.54, 1.807) is 0 Å². The summed E-state index contributed by atoms with van der Waals surface area (Å²) in [6.07, 6.45) is 2.94. The minimum absolute atomic E-state index is 0.711. The van der Waals surface area contributed by atoms with Crippen molar-refractivity contribution in [3.63, 3.8) is 0 Å². The molecule has 0 spiro atoms. The van der Waals surface area contributed by atoms with E-state index in [-0.39, 0.29) is 0 Å². The van der Waals surface area contributed by atoms with E-state index in [4.69, 9.17) is 0 Å². The van der Waals surface area contributed by atoms with Gasteiger partial charge >= 0.3 is 0 Å². The number of benzene rings is 1. The number of hydrogen-bond donors (Lipinski definition) is 0. The average Bonchev–Trinajstić information content (AvgIpc) is 3.25. The summed E-state index contributed by atoms with van der Waals surface area (Å²) in [7, 11) is 0. The molecule has 0 N–H and O–H groups in total. The van der Waals surface area contributed by atoms with Crippen LogP contribution in [0.15, 0.2) is 30.3 Å². The maximum atomic E-state index is 2.71. The Kier molecular flexibility index (Phi) is 4.42. The fourth-order valence-electron chi connectivity index (χ4n) is 3.39. The van der Waals surface area contributed by atoms with Gasteiger partial charge in [0.25, 0.3) is 0 Å². The van der Waals surface area contributed by atoms with Crippen LogP contribution in [0.1, 0.15) is 32.3 Å². The Bertz CT molecular complexity index is 411. The summed E-state index contributed by atoms with van der Waals surface area (Å²) in [5, 5.41) is 0. The smallest absolute Gasteiger partial charge is 0.0250 e. The Balaban J connectivity index is 1.61. The van der Waals surface area contributed by atoms with Crippen molar-refractivity contribution in [2.24, 2.45) is 11.8 Å². The molecule has 0 amide bonds. The van der Waals surface area contributed by atoms with Crippen molar-refractivity contribution in [3.8, 4) is 0 Å². The molecule has 1 atom stereocenters. The van der Waals surface area contributed by atoms with Gasteiger partial charge in [-0.15, -0.1) is 0 Å². The SMILES string of the molecule is CC(C)[C@@H]1CN(CC2CC2)CCN1Cc1ccccc1. The Labute approximate surface area is 123 Å². The molecule has 0 aromatic heterocycles. The number of hydrogen-bond acceptors (Lipinski definition) is 2. The van der Waals surface area contributed by atoms with E-state index in [1.807, 2.05) is 0 Å². The van der Waals surface area contributed by atoms with Crippen LogP contribution in [0.2, 0.25) is 0 Å². The van der Waals surface area contributed by atoms with E-state index in [0.717, 1.165) is 18.4 Å². The molecule has 0 unspecified atom stereocenters. The highest BCUT2D eigenvalue weighted by Gasteiger charge is 2.32. The van der Waals surface area contributed by atoms with Crippen molar-refractivity contribution in [1.29, 1.82) is 0 Å². The number of piperazine rings is 1. The molecule has 1 heterocycles. The first kappa shape index (κ1) is 14.1. The van der Waals surface area contributed by atoms with Gasteiger partial charge in [0.15, 0.2) is 0 Å². The van der Waals surface area contributed by atoms with Crippen molar-refractivity contribution in [3.05, 3.63) is 35.9 Å². The number of rotatable bonds is 5. The van der Waals surface area contributed by atoms with Crippen molar-refractivity contribution in [1.82, 2.24) is 9.80 Å². The molecule has 2 heteroatoms. The lowest BCUT2D eigenvalue weighted by atomic mass is 9.98. The first-order chi connectivity index (χ1) is 9.72. The van der Waals surface area contributed by atoms with Gasteiger partial charge in [0.2, 0.25) is 0 Å². The van der Waals surface area contributed by atoms with Crippen LogP contribution in [-0.4, -0.2) is 42.0 Å². The Morgan fingerprint density at radius 2 is 1.85 bits per heavy atom. The maximum absolute atomic E-state index is 2.71. The van der Waals surface area contributed by atoms with E-state index < -0.39 is 0 Å². The van der Waals surface area contributed by atoms with Crippen LogP contribution in [0.5, 0.6) is 0 Å². The monoisotopic (exact) mass is 272 g/mol. The van der Waals surface area contributed by atoms with Gasteiger partial charge in [-0.05, 0) is 30.2 Å². The molecule has 1 aromatic carbocycles. The first-order valence-electron chi connectivity index (χ1n) is 8.22. The molecule has 3 rings (SSSR count). The second kappa shape index (κ2) is 6.28. The van der Waals surface area contributed by atoms with Crippen LogP contribution in [-0.2, 0) is 6.54 Å². The largest absolute Gasteiger partial charge is 0.300 e. The van der Waals surface area contributed by atoms with Crippen molar-refractivity contribution in [2.75, 3.05) is 26.2 Å². The van der Waals surface area contributed by atoms with Crippen LogP contribution in [0.3, 0.4) is 0 Å². The van der Waals surface area contributed by atoms with Crippen LogP contribution in [0.4, 0.5) is 0 Å². The summed E-state index contributed by atoms with van der Waals surface area (Å²) >= 11 is 0. The minimum atomic E-state index is 0.711. The normalized spacial score (nSPS) is 25.2. The highest BCUT2D eigenvalue weighted by atomic mass is 15.3. The first-order valence-corrected chi connectivity index (χ1v) is 8.22. The van der Waals surface area contributed by atoms with Gasteiger partial charge in [0.1, 0.15) is 0 Å². The summed E-state index contributed by atoms with van der Waals surface area (Å²) in [5.74, 6) is 1.75. The quantitative estimate of drug-likeness (QED) is 0.812. The summed E-state index contributed by atoms with van der Waals surface area (Å²) in [4.78, 5) is 5.41. The molecule has 1 saturated carbocycles. The molecule has 2 fully saturated rings. The lowest BCUT2D eigenvalue weighted by Crippen LogP contribution is -2.55. The fourth-order valence-corrected chi connectivity index (χ4v) is 3.39. The van der Waals surface area contributed by atoms with Crippen molar-refractivity contribution < 1.29 is 0 Å². The van der Waals surface area contributed by atoms with Gasteiger partial charge in [-0.1, -0.05) is 44.2 Å². The van der Waals surface area contributed by atoms with E-state index in [2.05, 4.69) is 54.0 Å².